The highest BCUT2D eigenvalue weighted by Gasteiger charge is 2.19. The fraction of sp³-hybridized carbons (Fsp3) is 0.261. The highest BCUT2D eigenvalue weighted by Crippen LogP contribution is 2.40. The van der Waals surface area contributed by atoms with E-state index in [1.807, 2.05) is 32.0 Å². The average Bonchev–Trinajstić information content (AvgIpc) is 3.01. The molecule has 1 N–H and O–H groups in total. The Morgan fingerprint density at radius 2 is 1.52 bits per heavy atom. The molecule has 3 rings (SSSR count). The maximum absolute atomic E-state index is 13.0. The first-order valence-corrected chi connectivity index (χ1v) is 9.27. The quantitative estimate of drug-likeness (QED) is 0.659. The van der Waals surface area contributed by atoms with Gasteiger partial charge in [-0.15, -0.1) is 0 Å². The molecule has 1 heterocycles. The van der Waals surface area contributed by atoms with Crippen LogP contribution in [0.15, 0.2) is 42.5 Å². The van der Waals surface area contributed by atoms with Crippen molar-refractivity contribution in [2.24, 2.45) is 0 Å². The summed E-state index contributed by atoms with van der Waals surface area (Å²) in [5.41, 5.74) is 5.25. The lowest BCUT2D eigenvalue weighted by Gasteiger charge is -2.15. The van der Waals surface area contributed by atoms with Crippen molar-refractivity contribution in [3.8, 4) is 22.9 Å². The second-order valence-corrected chi connectivity index (χ2v) is 6.77. The molecule has 0 aliphatic heterocycles. The summed E-state index contributed by atoms with van der Waals surface area (Å²) in [6, 6.07) is 13.4. The van der Waals surface area contributed by atoms with Crippen molar-refractivity contribution in [3.05, 3.63) is 65.0 Å². The summed E-state index contributed by atoms with van der Waals surface area (Å²) in [6.45, 7) is 6.00. The number of ether oxygens (including phenoxy) is 3. The zero-order valence-electron chi connectivity index (χ0n) is 17.6. The van der Waals surface area contributed by atoms with Crippen LogP contribution in [-0.4, -0.2) is 31.8 Å². The van der Waals surface area contributed by atoms with Gasteiger partial charge in [-0.05, 0) is 38.5 Å². The van der Waals surface area contributed by atoms with Crippen LogP contribution in [0.5, 0.6) is 17.2 Å². The standard InChI is InChI=1S/C23H26N2O4/c1-14-9-7-8-10-19(14)25-15(2)11-18(16(25)3)23(26)24-17-12-20(27-4)22(29-6)21(13-17)28-5/h7-13H,1-6H3,(H,24,26). The summed E-state index contributed by atoms with van der Waals surface area (Å²) in [7, 11) is 4.62. The van der Waals surface area contributed by atoms with Crippen LogP contribution in [0, 0.1) is 20.8 Å². The zero-order chi connectivity index (χ0) is 21.1. The number of para-hydroxylation sites is 1. The Morgan fingerprint density at radius 1 is 0.897 bits per heavy atom. The van der Waals surface area contributed by atoms with E-state index < -0.39 is 0 Å². The van der Waals surface area contributed by atoms with Crippen molar-refractivity contribution in [3.63, 3.8) is 0 Å². The third kappa shape index (κ3) is 3.78. The van der Waals surface area contributed by atoms with Gasteiger partial charge in [-0.1, -0.05) is 18.2 Å². The number of rotatable bonds is 6. The van der Waals surface area contributed by atoms with Crippen molar-refractivity contribution in [2.75, 3.05) is 26.6 Å². The molecule has 0 bridgehead atoms. The van der Waals surface area contributed by atoms with Gasteiger partial charge in [-0.3, -0.25) is 4.79 Å². The van der Waals surface area contributed by atoms with Crippen LogP contribution in [0.1, 0.15) is 27.3 Å². The van der Waals surface area contributed by atoms with Crippen molar-refractivity contribution in [2.45, 2.75) is 20.8 Å². The lowest BCUT2D eigenvalue weighted by atomic mass is 10.2. The maximum Gasteiger partial charge on any atom is 0.257 e. The number of nitrogens with one attached hydrogen (secondary N) is 1. The minimum Gasteiger partial charge on any atom is -0.493 e. The number of nitrogens with zero attached hydrogens (tertiary/aromatic N) is 1. The maximum atomic E-state index is 13.0. The lowest BCUT2D eigenvalue weighted by Crippen LogP contribution is -2.13. The van der Waals surface area contributed by atoms with E-state index in [-0.39, 0.29) is 5.91 Å². The van der Waals surface area contributed by atoms with Gasteiger partial charge in [-0.2, -0.15) is 0 Å². The first kappa shape index (κ1) is 20.3. The Labute approximate surface area is 171 Å². The number of aromatic nitrogens is 1. The normalized spacial score (nSPS) is 10.6. The number of aryl methyl sites for hydroxylation is 2. The highest BCUT2D eigenvalue weighted by atomic mass is 16.5. The summed E-state index contributed by atoms with van der Waals surface area (Å²) in [4.78, 5) is 13.0. The molecule has 0 saturated heterocycles. The molecule has 1 aromatic heterocycles. The third-order valence-corrected chi connectivity index (χ3v) is 4.95. The molecule has 1 amide bonds. The van der Waals surface area contributed by atoms with Crippen LogP contribution in [0.3, 0.4) is 0 Å². The zero-order valence-corrected chi connectivity index (χ0v) is 17.6. The summed E-state index contributed by atoms with van der Waals surface area (Å²) in [6.07, 6.45) is 0. The van der Waals surface area contributed by atoms with Crippen LogP contribution in [0.2, 0.25) is 0 Å². The minimum atomic E-state index is -0.202. The van der Waals surface area contributed by atoms with Gasteiger partial charge in [-0.25, -0.2) is 0 Å². The highest BCUT2D eigenvalue weighted by molar-refractivity contribution is 6.05. The molecule has 0 atom stereocenters. The smallest absolute Gasteiger partial charge is 0.257 e. The number of carbonyl (C=O) groups excluding carboxylic acids is 1. The summed E-state index contributed by atoms with van der Waals surface area (Å²) in [5.74, 6) is 1.23. The molecule has 6 nitrogen and oxygen atoms in total. The predicted octanol–water partition coefficient (Wildman–Crippen LogP) is 4.68. The molecule has 6 heteroatoms. The van der Waals surface area contributed by atoms with Crippen LogP contribution in [-0.2, 0) is 0 Å². The fourth-order valence-electron chi connectivity index (χ4n) is 3.53. The number of amides is 1. The number of benzene rings is 2. The van der Waals surface area contributed by atoms with Crippen molar-refractivity contribution in [1.82, 2.24) is 4.57 Å². The van der Waals surface area contributed by atoms with Gasteiger partial charge < -0.3 is 24.1 Å². The van der Waals surface area contributed by atoms with E-state index in [1.54, 1.807) is 33.5 Å². The van der Waals surface area contributed by atoms with E-state index in [9.17, 15) is 4.79 Å². The lowest BCUT2D eigenvalue weighted by molar-refractivity contribution is 0.102. The minimum absolute atomic E-state index is 0.202. The molecule has 0 radical (unpaired) electrons. The first-order valence-electron chi connectivity index (χ1n) is 9.27. The van der Waals surface area contributed by atoms with E-state index in [0.717, 1.165) is 22.6 Å². The number of anilines is 1. The summed E-state index contributed by atoms with van der Waals surface area (Å²) >= 11 is 0. The van der Waals surface area contributed by atoms with Crippen LogP contribution >= 0.6 is 0 Å². The summed E-state index contributed by atoms with van der Waals surface area (Å²) < 4.78 is 18.2. The topological polar surface area (TPSA) is 61.7 Å². The molecule has 0 unspecified atom stereocenters. The first-order chi connectivity index (χ1) is 13.9. The molecule has 29 heavy (non-hydrogen) atoms. The Balaban J connectivity index is 1.97. The monoisotopic (exact) mass is 394 g/mol. The van der Waals surface area contributed by atoms with Gasteiger partial charge in [0, 0.05) is 34.9 Å². The second-order valence-electron chi connectivity index (χ2n) is 6.77. The largest absolute Gasteiger partial charge is 0.493 e. The number of hydrogen-bond donors (Lipinski definition) is 1. The summed E-state index contributed by atoms with van der Waals surface area (Å²) in [5, 5.41) is 2.94. The Morgan fingerprint density at radius 3 is 2.07 bits per heavy atom. The molecular formula is C23H26N2O4. The Hall–Kier alpha value is -3.41. The molecular weight excluding hydrogens is 368 g/mol. The average molecular weight is 394 g/mol. The van der Waals surface area contributed by atoms with Crippen molar-refractivity contribution in [1.29, 1.82) is 0 Å². The van der Waals surface area contributed by atoms with Gasteiger partial charge in [0.2, 0.25) is 5.75 Å². The second kappa shape index (κ2) is 8.31. The van der Waals surface area contributed by atoms with Gasteiger partial charge in [0.1, 0.15) is 0 Å². The van der Waals surface area contributed by atoms with Gasteiger partial charge in [0.05, 0.1) is 26.9 Å². The van der Waals surface area contributed by atoms with Gasteiger partial charge in [0.15, 0.2) is 11.5 Å². The van der Waals surface area contributed by atoms with Gasteiger partial charge >= 0.3 is 0 Å². The van der Waals surface area contributed by atoms with Crippen molar-refractivity contribution >= 4 is 11.6 Å². The van der Waals surface area contributed by atoms with Crippen LogP contribution in [0.25, 0.3) is 5.69 Å². The molecule has 0 aliphatic carbocycles. The molecule has 3 aromatic rings. The number of carbonyl (C=O) groups is 1. The van der Waals surface area contributed by atoms with E-state index in [0.29, 0.717) is 28.5 Å². The van der Waals surface area contributed by atoms with E-state index in [4.69, 9.17) is 14.2 Å². The number of hydrogen-bond acceptors (Lipinski definition) is 4. The van der Waals surface area contributed by atoms with Crippen molar-refractivity contribution < 1.29 is 19.0 Å². The molecule has 152 valence electrons. The number of methoxy groups -OCH3 is 3. The fourth-order valence-corrected chi connectivity index (χ4v) is 3.53. The molecule has 2 aromatic carbocycles. The molecule has 0 fully saturated rings. The predicted molar refractivity (Wildman–Crippen MR) is 114 cm³/mol. The van der Waals surface area contributed by atoms with E-state index in [2.05, 4.69) is 28.9 Å². The van der Waals surface area contributed by atoms with E-state index >= 15 is 0 Å². The van der Waals surface area contributed by atoms with Gasteiger partial charge in [0.25, 0.3) is 5.91 Å². The van der Waals surface area contributed by atoms with Crippen LogP contribution < -0.4 is 19.5 Å². The molecule has 0 saturated carbocycles. The third-order valence-electron chi connectivity index (χ3n) is 4.95. The molecule has 0 aliphatic rings. The molecule has 0 spiro atoms. The van der Waals surface area contributed by atoms with E-state index in [1.165, 1.54) is 0 Å². The Bertz CT molecular complexity index is 1030. The SMILES string of the molecule is COc1cc(NC(=O)c2cc(C)n(-c3ccccc3C)c2C)cc(OC)c1OC. The van der Waals surface area contributed by atoms with Crippen LogP contribution in [0.4, 0.5) is 5.69 Å². The Kier molecular flexibility index (Phi) is 5.82.